The van der Waals surface area contributed by atoms with Gasteiger partial charge in [0.05, 0.1) is 35.4 Å². The Morgan fingerprint density at radius 3 is 3.00 bits per heavy atom. The summed E-state index contributed by atoms with van der Waals surface area (Å²) in [5.74, 6) is 0. The van der Waals surface area contributed by atoms with Gasteiger partial charge < -0.3 is 14.7 Å². The largest absolute Gasteiger partial charge is 0.388 e. The van der Waals surface area contributed by atoms with Crippen molar-refractivity contribution in [1.82, 2.24) is 4.98 Å². The molecule has 110 valence electrons. The third kappa shape index (κ3) is 2.16. The smallest absolute Gasteiger partial charge is 0.186 e. The number of aliphatic hydroxyl groups excluding tert-OH is 1. The average molecular weight is 294 g/mol. The number of ether oxygens (including phenoxy) is 1. The Morgan fingerprint density at radius 2 is 2.10 bits per heavy atom. The summed E-state index contributed by atoms with van der Waals surface area (Å²) < 4.78 is 5.94. The van der Waals surface area contributed by atoms with Crippen molar-refractivity contribution in [1.29, 1.82) is 0 Å². The molecule has 3 aliphatic rings. The molecule has 4 nitrogen and oxygen atoms in total. The zero-order chi connectivity index (χ0) is 13.5. The molecule has 2 aliphatic carbocycles. The van der Waals surface area contributed by atoms with E-state index in [2.05, 4.69) is 4.90 Å². The first-order valence-corrected chi connectivity index (χ1v) is 8.70. The number of nitrogens with zero attached hydrogens (tertiary/aromatic N) is 2. The van der Waals surface area contributed by atoms with Gasteiger partial charge in [-0.25, -0.2) is 4.98 Å². The van der Waals surface area contributed by atoms with E-state index in [1.165, 1.54) is 25.7 Å². The molecule has 1 aliphatic heterocycles. The highest BCUT2D eigenvalue weighted by atomic mass is 32.1. The van der Waals surface area contributed by atoms with Crippen molar-refractivity contribution in [3.63, 3.8) is 0 Å². The Bertz CT molecular complexity index is 488. The summed E-state index contributed by atoms with van der Waals surface area (Å²) in [6.07, 6.45) is 8.09. The molecule has 5 heteroatoms. The quantitative estimate of drug-likeness (QED) is 0.865. The molecule has 0 bridgehead atoms. The molecule has 1 N–H and O–H groups in total. The van der Waals surface area contributed by atoms with E-state index < -0.39 is 0 Å². The molecule has 20 heavy (non-hydrogen) atoms. The highest BCUT2D eigenvalue weighted by Gasteiger charge is 2.36. The van der Waals surface area contributed by atoms with Crippen LogP contribution in [0, 0.1) is 0 Å². The van der Waals surface area contributed by atoms with Gasteiger partial charge in [0.25, 0.3) is 0 Å². The van der Waals surface area contributed by atoms with Crippen molar-refractivity contribution in [3.05, 3.63) is 10.6 Å². The minimum absolute atomic E-state index is 0.284. The predicted molar refractivity (Wildman–Crippen MR) is 79.4 cm³/mol. The molecular formula is C15H22N2O2S. The van der Waals surface area contributed by atoms with Crippen LogP contribution in [0.3, 0.4) is 0 Å². The zero-order valence-electron chi connectivity index (χ0n) is 11.8. The number of aryl methyl sites for hydroxylation is 1. The summed E-state index contributed by atoms with van der Waals surface area (Å²) in [7, 11) is 0. The number of morpholine rings is 1. The number of aromatic nitrogens is 1. The third-order valence-corrected chi connectivity index (χ3v) is 6.12. The summed E-state index contributed by atoms with van der Waals surface area (Å²) in [5, 5.41) is 11.3. The highest BCUT2D eigenvalue weighted by molar-refractivity contribution is 7.15. The molecule has 1 saturated heterocycles. The van der Waals surface area contributed by atoms with Crippen LogP contribution in [0.4, 0.5) is 5.13 Å². The fraction of sp³-hybridized carbons (Fsp3) is 0.800. The van der Waals surface area contributed by atoms with Crippen molar-refractivity contribution in [2.24, 2.45) is 0 Å². The fourth-order valence-corrected chi connectivity index (χ4v) is 5.06. The Hall–Kier alpha value is -0.650. The van der Waals surface area contributed by atoms with Gasteiger partial charge in [-0.3, -0.25) is 0 Å². The second-order valence-corrected chi connectivity index (χ2v) is 7.18. The van der Waals surface area contributed by atoms with Crippen molar-refractivity contribution in [2.75, 3.05) is 18.1 Å². The topological polar surface area (TPSA) is 45.6 Å². The van der Waals surface area contributed by atoms with E-state index >= 15 is 0 Å². The lowest BCUT2D eigenvalue weighted by molar-refractivity contribution is -0.00869. The molecule has 2 fully saturated rings. The lowest BCUT2D eigenvalue weighted by Gasteiger charge is -2.43. The van der Waals surface area contributed by atoms with Crippen LogP contribution in [0.1, 0.15) is 55.2 Å². The molecule has 3 unspecified atom stereocenters. The number of fused-ring (bicyclic) bond motifs is 2. The van der Waals surface area contributed by atoms with Gasteiger partial charge in [0.2, 0.25) is 0 Å². The number of thiazole rings is 1. The second kappa shape index (κ2) is 5.28. The summed E-state index contributed by atoms with van der Waals surface area (Å²) >= 11 is 1.71. The van der Waals surface area contributed by atoms with Gasteiger partial charge in [-0.1, -0.05) is 24.2 Å². The molecule has 2 heterocycles. The zero-order valence-corrected chi connectivity index (χ0v) is 12.6. The van der Waals surface area contributed by atoms with Crippen molar-refractivity contribution in [3.8, 4) is 0 Å². The van der Waals surface area contributed by atoms with Gasteiger partial charge in [0, 0.05) is 6.54 Å². The first kappa shape index (κ1) is 13.0. The molecule has 0 radical (unpaired) electrons. The second-order valence-electron chi connectivity index (χ2n) is 6.17. The van der Waals surface area contributed by atoms with Gasteiger partial charge in [-0.2, -0.15) is 0 Å². The minimum Gasteiger partial charge on any atom is -0.388 e. The van der Waals surface area contributed by atoms with E-state index in [9.17, 15) is 5.11 Å². The normalized spacial score (nSPS) is 33.6. The number of anilines is 1. The average Bonchev–Trinajstić information content (AvgIpc) is 2.92. The Balaban J connectivity index is 1.63. The van der Waals surface area contributed by atoms with Crippen LogP contribution >= 0.6 is 11.3 Å². The van der Waals surface area contributed by atoms with Crippen LogP contribution < -0.4 is 4.90 Å². The third-order valence-electron chi connectivity index (χ3n) is 4.89. The van der Waals surface area contributed by atoms with Crippen molar-refractivity contribution < 1.29 is 9.84 Å². The molecule has 1 aromatic heterocycles. The number of hydrogen-bond donors (Lipinski definition) is 1. The van der Waals surface area contributed by atoms with Gasteiger partial charge in [-0.15, -0.1) is 0 Å². The molecule has 1 saturated carbocycles. The van der Waals surface area contributed by atoms with Crippen LogP contribution in [-0.4, -0.2) is 35.4 Å². The summed E-state index contributed by atoms with van der Waals surface area (Å²) in [6, 6.07) is 0.502. The molecule has 1 aromatic rings. The Morgan fingerprint density at radius 1 is 1.20 bits per heavy atom. The first-order valence-electron chi connectivity index (χ1n) is 7.89. The molecule has 0 aromatic carbocycles. The minimum atomic E-state index is -0.284. The number of aliphatic hydroxyl groups is 1. The molecular weight excluding hydrogens is 272 g/mol. The van der Waals surface area contributed by atoms with E-state index in [1.54, 1.807) is 11.3 Å². The fourth-order valence-electron chi connectivity index (χ4n) is 3.84. The van der Waals surface area contributed by atoms with Gasteiger partial charge >= 0.3 is 0 Å². The molecule has 3 atom stereocenters. The number of hydrogen-bond acceptors (Lipinski definition) is 5. The standard InChI is InChI=1S/C15H22N2O2S/c18-12-6-3-4-10-14(12)20-15(16-10)17-8-9-19-13-7-2-1-5-11(13)17/h11-13,18H,1-9H2. The highest BCUT2D eigenvalue weighted by Crippen LogP contribution is 2.40. The molecule has 0 spiro atoms. The monoisotopic (exact) mass is 294 g/mol. The van der Waals surface area contributed by atoms with Gasteiger partial charge in [-0.05, 0) is 32.1 Å². The summed E-state index contributed by atoms with van der Waals surface area (Å²) in [4.78, 5) is 8.42. The van der Waals surface area contributed by atoms with E-state index in [4.69, 9.17) is 9.72 Å². The Labute approximate surface area is 123 Å². The van der Waals surface area contributed by atoms with Gasteiger partial charge in [0.15, 0.2) is 5.13 Å². The van der Waals surface area contributed by atoms with Crippen molar-refractivity contribution >= 4 is 16.5 Å². The van der Waals surface area contributed by atoms with Gasteiger partial charge in [0.1, 0.15) is 0 Å². The predicted octanol–water partition coefficient (Wildman–Crippen LogP) is 2.66. The molecule has 0 amide bonds. The van der Waals surface area contributed by atoms with Crippen LogP contribution in [0.5, 0.6) is 0 Å². The van der Waals surface area contributed by atoms with E-state index in [1.807, 2.05) is 0 Å². The van der Waals surface area contributed by atoms with Crippen LogP contribution in [0.15, 0.2) is 0 Å². The van der Waals surface area contributed by atoms with Crippen LogP contribution in [-0.2, 0) is 11.2 Å². The first-order chi connectivity index (χ1) is 9.83. The number of rotatable bonds is 1. The van der Waals surface area contributed by atoms with E-state index in [-0.39, 0.29) is 6.10 Å². The van der Waals surface area contributed by atoms with E-state index in [0.29, 0.717) is 12.1 Å². The lowest BCUT2D eigenvalue weighted by Crippen LogP contribution is -2.52. The maximum absolute atomic E-state index is 10.1. The summed E-state index contributed by atoms with van der Waals surface area (Å²) in [5.41, 5.74) is 1.14. The Kier molecular flexibility index (Phi) is 3.44. The lowest BCUT2D eigenvalue weighted by atomic mass is 9.90. The van der Waals surface area contributed by atoms with E-state index in [0.717, 1.165) is 48.1 Å². The summed E-state index contributed by atoms with van der Waals surface area (Å²) in [6.45, 7) is 1.76. The van der Waals surface area contributed by atoms with Crippen LogP contribution in [0.2, 0.25) is 0 Å². The molecule has 4 rings (SSSR count). The maximum atomic E-state index is 10.1. The maximum Gasteiger partial charge on any atom is 0.186 e. The van der Waals surface area contributed by atoms with Crippen molar-refractivity contribution in [2.45, 2.75) is 63.2 Å². The van der Waals surface area contributed by atoms with Crippen LogP contribution in [0.25, 0.3) is 0 Å². The SMILES string of the molecule is OC1CCCc2nc(N3CCOC4CCCCC43)sc21.